The lowest BCUT2D eigenvalue weighted by atomic mass is 9.35. The van der Waals surface area contributed by atoms with Gasteiger partial charge in [-0.05, 0) is 93.7 Å². The van der Waals surface area contributed by atoms with Crippen LogP contribution in [0.3, 0.4) is 0 Å². The molecule has 0 atom stereocenters. The Bertz CT molecular complexity index is 2670. The summed E-state index contributed by atoms with van der Waals surface area (Å²) in [6.07, 6.45) is 0. The van der Waals surface area contributed by atoms with Crippen LogP contribution in [-0.2, 0) is 0 Å². The van der Waals surface area contributed by atoms with Crippen LogP contribution in [0, 0.1) is 0 Å². The highest BCUT2D eigenvalue weighted by Crippen LogP contribution is 2.53. The van der Waals surface area contributed by atoms with Crippen LogP contribution in [0.1, 0.15) is 0 Å². The van der Waals surface area contributed by atoms with E-state index in [1.54, 1.807) is 0 Å². The fraction of sp³-hybridized carbons (Fsp3) is 0. The first-order chi connectivity index (χ1) is 23.3. The van der Waals surface area contributed by atoms with Crippen molar-refractivity contribution >= 4 is 115 Å². The van der Waals surface area contributed by atoms with E-state index >= 15 is 0 Å². The predicted molar refractivity (Wildman–Crippen MR) is 207 cm³/mol. The van der Waals surface area contributed by atoms with Crippen molar-refractivity contribution in [1.82, 2.24) is 0 Å². The van der Waals surface area contributed by atoms with Crippen LogP contribution in [-0.4, -0.2) is 6.71 Å². The summed E-state index contributed by atoms with van der Waals surface area (Å²) in [6.45, 7) is 0.119. The first kappa shape index (κ1) is 25.3. The molecule has 5 heteroatoms. The van der Waals surface area contributed by atoms with E-state index in [2.05, 4.69) is 138 Å². The summed E-state index contributed by atoms with van der Waals surface area (Å²) in [4.78, 5) is 5.08. The third kappa shape index (κ3) is 3.17. The van der Waals surface area contributed by atoms with Gasteiger partial charge in [0.15, 0.2) is 0 Å². The standard InChI is InChI=1S/C42H22BNS3/c1-3-15-32-30(13-1)44(31-14-2-4-16-33(31)45-32)23-21-26-24-9-5-17-34-38(24)40-28(11-7-19-36(40)46-34)43-29-12-8-20-37-41(29)39-25(27(22-23)42(26)43)10-6-18-35(39)47-37/h1-22H. The average molecular weight is 648 g/mol. The summed E-state index contributed by atoms with van der Waals surface area (Å²) in [6, 6.07) is 50.7. The van der Waals surface area contributed by atoms with Gasteiger partial charge < -0.3 is 4.90 Å². The van der Waals surface area contributed by atoms with E-state index in [4.69, 9.17) is 0 Å². The monoisotopic (exact) mass is 647 g/mol. The van der Waals surface area contributed by atoms with Crippen LogP contribution >= 0.6 is 34.4 Å². The normalized spacial score (nSPS) is 13.8. The maximum absolute atomic E-state index is 2.51. The van der Waals surface area contributed by atoms with Crippen molar-refractivity contribution in [3.05, 3.63) is 133 Å². The Morgan fingerprint density at radius 3 is 1.43 bits per heavy atom. The second-order valence-corrected chi connectivity index (χ2v) is 16.0. The number of hydrogen-bond acceptors (Lipinski definition) is 4. The molecule has 3 aliphatic rings. The Labute approximate surface area is 283 Å². The molecular weight excluding hydrogens is 625 g/mol. The zero-order valence-electron chi connectivity index (χ0n) is 25.0. The molecule has 7 aromatic carbocycles. The van der Waals surface area contributed by atoms with Crippen molar-refractivity contribution in [2.45, 2.75) is 9.79 Å². The smallest absolute Gasteiger partial charge is 0.244 e. The Kier molecular flexibility index (Phi) is 4.82. The van der Waals surface area contributed by atoms with Crippen molar-refractivity contribution in [2.24, 2.45) is 0 Å². The molecule has 0 amide bonds. The van der Waals surface area contributed by atoms with Gasteiger partial charge in [0.2, 0.25) is 6.71 Å². The predicted octanol–water partition coefficient (Wildman–Crippen LogP) is 10.8. The lowest BCUT2D eigenvalue weighted by Crippen LogP contribution is -2.53. The van der Waals surface area contributed by atoms with Crippen molar-refractivity contribution in [2.75, 3.05) is 4.90 Å². The molecule has 2 aromatic heterocycles. The summed E-state index contributed by atoms with van der Waals surface area (Å²) < 4.78 is 5.48. The number of rotatable bonds is 1. The maximum atomic E-state index is 2.51. The van der Waals surface area contributed by atoms with Gasteiger partial charge >= 0.3 is 0 Å². The summed E-state index contributed by atoms with van der Waals surface area (Å²) >= 11 is 5.73. The molecule has 0 spiro atoms. The third-order valence-electron chi connectivity index (χ3n) is 10.5. The van der Waals surface area contributed by atoms with Gasteiger partial charge in [0, 0.05) is 45.1 Å². The number of fused-ring (bicyclic) bond motifs is 6. The van der Waals surface area contributed by atoms with E-state index in [1.165, 1.54) is 106 Å². The summed E-state index contributed by atoms with van der Waals surface area (Å²) in [5, 5.41) is 5.66. The van der Waals surface area contributed by atoms with Crippen LogP contribution < -0.4 is 21.3 Å². The molecule has 0 unspecified atom stereocenters. The number of benzene rings is 7. The molecule has 0 saturated heterocycles. The highest BCUT2D eigenvalue weighted by molar-refractivity contribution is 7.99. The zero-order valence-corrected chi connectivity index (χ0v) is 27.4. The van der Waals surface area contributed by atoms with Gasteiger partial charge in [-0.2, -0.15) is 0 Å². The first-order valence-electron chi connectivity index (χ1n) is 16.0. The van der Waals surface area contributed by atoms with Gasteiger partial charge in [-0.3, -0.25) is 0 Å². The number of para-hydroxylation sites is 2. The molecule has 0 N–H and O–H groups in total. The van der Waals surface area contributed by atoms with Crippen molar-refractivity contribution < 1.29 is 0 Å². The fourth-order valence-electron chi connectivity index (χ4n) is 8.70. The van der Waals surface area contributed by atoms with E-state index < -0.39 is 0 Å². The van der Waals surface area contributed by atoms with Crippen LogP contribution in [0.4, 0.5) is 17.1 Å². The van der Waals surface area contributed by atoms with Crippen LogP contribution in [0.2, 0.25) is 0 Å². The van der Waals surface area contributed by atoms with E-state index in [1.807, 2.05) is 34.4 Å². The molecule has 0 aliphatic carbocycles. The Morgan fingerprint density at radius 2 is 0.894 bits per heavy atom. The summed E-state index contributed by atoms with van der Waals surface area (Å²) in [5.74, 6) is 0. The van der Waals surface area contributed by atoms with Gasteiger partial charge in [0.25, 0.3) is 0 Å². The Balaban J connectivity index is 1.31. The number of anilines is 3. The molecule has 47 heavy (non-hydrogen) atoms. The van der Waals surface area contributed by atoms with Crippen LogP contribution in [0.25, 0.3) is 62.6 Å². The van der Waals surface area contributed by atoms with E-state index in [-0.39, 0.29) is 6.71 Å². The third-order valence-corrected chi connectivity index (χ3v) is 13.8. The van der Waals surface area contributed by atoms with Crippen LogP contribution in [0.15, 0.2) is 143 Å². The average Bonchev–Trinajstić information content (AvgIpc) is 3.62. The minimum Gasteiger partial charge on any atom is -0.308 e. The number of hydrogen-bond donors (Lipinski definition) is 0. The first-order valence-corrected chi connectivity index (χ1v) is 18.5. The highest BCUT2D eigenvalue weighted by Gasteiger charge is 2.38. The van der Waals surface area contributed by atoms with Crippen molar-refractivity contribution in [1.29, 1.82) is 0 Å². The van der Waals surface area contributed by atoms with E-state index in [0.29, 0.717) is 0 Å². The SMILES string of the molecule is c1ccc2c(c1)Sc1ccccc1N2c1cc2c3c(c1)-c1cccc4sc5cccc(c5c14)B3c1cccc3sc4cccc-2c4c13. The van der Waals surface area contributed by atoms with Gasteiger partial charge in [-0.15, -0.1) is 22.7 Å². The van der Waals surface area contributed by atoms with Crippen molar-refractivity contribution in [3.8, 4) is 22.3 Å². The van der Waals surface area contributed by atoms with E-state index in [9.17, 15) is 0 Å². The lowest BCUT2D eigenvalue weighted by Gasteiger charge is -2.34. The Hall–Kier alpha value is -4.81. The molecule has 3 aliphatic heterocycles. The Morgan fingerprint density at radius 1 is 0.426 bits per heavy atom. The second kappa shape index (κ2) is 8.96. The van der Waals surface area contributed by atoms with Crippen molar-refractivity contribution in [3.63, 3.8) is 0 Å². The molecule has 9 aromatic rings. The van der Waals surface area contributed by atoms with Gasteiger partial charge in [0.1, 0.15) is 0 Å². The number of nitrogens with zero attached hydrogens (tertiary/aromatic N) is 1. The molecule has 1 nitrogen and oxygen atoms in total. The molecule has 216 valence electrons. The van der Waals surface area contributed by atoms with Crippen LogP contribution in [0.5, 0.6) is 0 Å². The summed E-state index contributed by atoms with van der Waals surface area (Å²) in [5.41, 5.74) is 13.4. The quantitative estimate of drug-likeness (QED) is 0.163. The number of thiophene rings is 2. The lowest BCUT2D eigenvalue weighted by molar-refractivity contribution is 1.17. The maximum Gasteiger partial charge on any atom is 0.244 e. The molecule has 0 saturated carbocycles. The largest absolute Gasteiger partial charge is 0.308 e. The fourth-order valence-corrected chi connectivity index (χ4v) is 12.1. The van der Waals surface area contributed by atoms with Gasteiger partial charge in [0.05, 0.1) is 11.4 Å². The second-order valence-electron chi connectivity index (χ2n) is 12.8. The van der Waals surface area contributed by atoms with E-state index in [0.717, 1.165) is 0 Å². The molecular formula is C42H22BNS3. The zero-order chi connectivity index (χ0) is 30.4. The molecule has 0 fully saturated rings. The minimum atomic E-state index is 0.119. The molecule has 5 heterocycles. The topological polar surface area (TPSA) is 3.24 Å². The van der Waals surface area contributed by atoms with Gasteiger partial charge in [-0.1, -0.05) is 101 Å². The van der Waals surface area contributed by atoms with Gasteiger partial charge in [-0.25, -0.2) is 0 Å². The molecule has 12 rings (SSSR count). The molecule has 0 radical (unpaired) electrons. The summed E-state index contributed by atoms with van der Waals surface area (Å²) in [7, 11) is 0. The highest BCUT2D eigenvalue weighted by atomic mass is 32.2. The minimum absolute atomic E-state index is 0.119. The molecule has 0 bridgehead atoms.